The largest absolute Gasteiger partial charge is 0.326 e. The summed E-state index contributed by atoms with van der Waals surface area (Å²) in [6, 6.07) is 9.68. The number of fused-ring (bicyclic) bond motifs is 1. The summed E-state index contributed by atoms with van der Waals surface area (Å²) in [5.74, 6) is -0.236. The van der Waals surface area contributed by atoms with E-state index in [1.54, 1.807) is 17.5 Å². The quantitative estimate of drug-likeness (QED) is 0.686. The number of hydrogen-bond donors (Lipinski definition) is 1. The van der Waals surface area contributed by atoms with Gasteiger partial charge in [0.15, 0.2) is 0 Å². The lowest BCUT2D eigenvalue weighted by atomic mass is 9.97. The number of aromatic nitrogens is 2. The van der Waals surface area contributed by atoms with Gasteiger partial charge in [0, 0.05) is 36.5 Å². The highest BCUT2D eigenvalue weighted by atomic mass is 32.2. The van der Waals surface area contributed by atoms with E-state index in [0.717, 1.165) is 32.2 Å². The molecule has 1 aliphatic rings. The van der Waals surface area contributed by atoms with Crippen molar-refractivity contribution in [2.75, 3.05) is 24.7 Å². The van der Waals surface area contributed by atoms with Crippen LogP contribution >= 0.6 is 11.3 Å². The summed E-state index contributed by atoms with van der Waals surface area (Å²) in [5, 5.41) is 3.90. The molecule has 2 aromatic heterocycles. The molecule has 152 valence electrons. The number of sulfonamides is 1. The van der Waals surface area contributed by atoms with Crippen LogP contribution in [0.4, 0.5) is 5.69 Å². The third-order valence-corrected chi connectivity index (χ3v) is 7.52. The molecule has 0 atom stereocenters. The van der Waals surface area contributed by atoms with Crippen LogP contribution in [-0.2, 0) is 14.8 Å². The third-order valence-electron chi connectivity index (χ3n) is 5.19. The number of aryl methyl sites for hydroxylation is 1. The first-order valence-electron chi connectivity index (χ1n) is 9.40. The summed E-state index contributed by atoms with van der Waals surface area (Å²) in [7, 11) is -3.19. The maximum absolute atomic E-state index is 12.7. The van der Waals surface area contributed by atoms with Crippen molar-refractivity contribution in [3.05, 3.63) is 42.1 Å². The maximum atomic E-state index is 12.7. The molecule has 1 saturated heterocycles. The van der Waals surface area contributed by atoms with Crippen LogP contribution in [0, 0.1) is 12.8 Å². The molecule has 1 amide bonds. The van der Waals surface area contributed by atoms with E-state index in [1.165, 1.54) is 10.6 Å². The van der Waals surface area contributed by atoms with Gasteiger partial charge in [0.1, 0.15) is 15.4 Å². The number of hydrogen-bond acceptors (Lipinski definition) is 6. The average Bonchev–Trinajstić information content (AvgIpc) is 3.13. The maximum Gasteiger partial charge on any atom is 0.227 e. The number of carbonyl (C=O) groups excluding carboxylic acids is 1. The Bertz CT molecular complexity index is 1130. The minimum Gasteiger partial charge on any atom is -0.326 e. The zero-order valence-electron chi connectivity index (χ0n) is 16.3. The van der Waals surface area contributed by atoms with Crippen molar-refractivity contribution in [3.63, 3.8) is 0 Å². The smallest absolute Gasteiger partial charge is 0.227 e. The molecule has 1 N–H and O–H groups in total. The number of nitrogens with one attached hydrogen (secondary N) is 1. The van der Waals surface area contributed by atoms with E-state index in [-0.39, 0.29) is 11.8 Å². The third kappa shape index (κ3) is 4.31. The fourth-order valence-corrected chi connectivity index (χ4v) is 5.29. The van der Waals surface area contributed by atoms with Gasteiger partial charge < -0.3 is 5.32 Å². The molecule has 0 bridgehead atoms. The van der Waals surface area contributed by atoms with Crippen molar-refractivity contribution in [3.8, 4) is 10.6 Å². The van der Waals surface area contributed by atoms with Gasteiger partial charge in [0.05, 0.1) is 6.26 Å². The molecule has 0 aliphatic carbocycles. The molecule has 0 spiro atoms. The summed E-state index contributed by atoms with van der Waals surface area (Å²) in [4.78, 5) is 22.5. The fourth-order valence-electron chi connectivity index (χ4n) is 3.51. The summed E-state index contributed by atoms with van der Waals surface area (Å²) in [6.45, 7) is 2.73. The number of anilines is 1. The van der Waals surface area contributed by atoms with Crippen molar-refractivity contribution in [2.45, 2.75) is 19.8 Å². The molecule has 0 radical (unpaired) electrons. The molecule has 3 heterocycles. The van der Waals surface area contributed by atoms with Gasteiger partial charge in [-0.15, -0.1) is 0 Å². The minimum atomic E-state index is -3.19. The highest BCUT2D eigenvalue weighted by Crippen LogP contribution is 2.31. The van der Waals surface area contributed by atoms with Gasteiger partial charge in [-0.25, -0.2) is 22.7 Å². The van der Waals surface area contributed by atoms with Crippen LogP contribution in [0.1, 0.15) is 18.4 Å². The van der Waals surface area contributed by atoms with Crippen molar-refractivity contribution < 1.29 is 13.2 Å². The number of carbonyl (C=O) groups is 1. The van der Waals surface area contributed by atoms with E-state index in [2.05, 4.69) is 15.3 Å². The second-order valence-electron chi connectivity index (χ2n) is 7.30. The van der Waals surface area contributed by atoms with Crippen LogP contribution in [0.5, 0.6) is 0 Å². The number of amides is 1. The highest BCUT2D eigenvalue weighted by Gasteiger charge is 2.29. The first kappa shape index (κ1) is 19.9. The average molecular weight is 431 g/mol. The van der Waals surface area contributed by atoms with Gasteiger partial charge in [-0.2, -0.15) is 0 Å². The van der Waals surface area contributed by atoms with Gasteiger partial charge in [0.2, 0.25) is 15.9 Å². The summed E-state index contributed by atoms with van der Waals surface area (Å²) < 4.78 is 24.7. The number of nitrogens with zero attached hydrogens (tertiary/aromatic N) is 3. The SMILES string of the molecule is Cc1cc(-c2nc3cccnc3s2)ccc1NC(=O)C1CCN(S(C)(=O)=O)CC1. The van der Waals surface area contributed by atoms with E-state index in [0.29, 0.717) is 25.9 Å². The number of piperidine rings is 1. The zero-order valence-corrected chi connectivity index (χ0v) is 17.9. The minimum absolute atomic E-state index is 0.0572. The Hall–Kier alpha value is -2.36. The number of benzene rings is 1. The van der Waals surface area contributed by atoms with E-state index in [9.17, 15) is 13.2 Å². The molecule has 1 aliphatic heterocycles. The molecule has 3 aromatic rings. The van der Waals surface area contributed by atoms with Crippen LogP contribution in [0.2, 0.25) is 0 Å². The summed E-state index contributed by atoms with van der Waals surface area (Å²) in [5.41, 5.74) is 3.59. The number of thiazole rings is 1. The van der Waals surface area contributed by atoms with E-state index in [4.69, 9.17) is 0 Å². The van der Waals surface area contributed by atoms with Crippen LogP contribution in [0.3, 0.4) is 0 Å². The standard InChI is InChI=1S/C20H22N4O3S2/c1-13-12-15(19-23-17-4-3-9-21-20(17)28-19)5-6-16(13)22-18(25)14-7-10-24(11-8-14)29(2,26)27/h3-6,9,12,14H,7-8,10-11H2,1-2H3,(H,22,25). The topological polar surface area (TPSA) is 92.3 Å². The van der Waals surface area contributed by atoms with Crippen molar-refractivity contribution >= 4 is 43.3 Å². The van der Waals surface area contributed by atoms with Crippen LogP contribution in [0.25, 0.3) is 20.9 Å². The fraction of sp³-hybridized carbons (Fsp3) is 0.350. The Morgan fingerprint density at radius 3 is 2.66 bits per heavy atom. The molecule has 1 aromatic carbocycles. The second-order valence-corrected chi connectivity index (χ2v) is 10.3. The van der Waals surface area contributed by atoms with Gasteiger partial charge in [-0.05, 0) is 55.7 Å². The lowest BCUT2D eigenvalue weighted by Gasteiger charge is -2.29. The molecule has 29 heavy (non-hydrogen) atoms. The molecular formula is C20H22N4O3S2. The monoisotopic (exact) mass is 430 g/mol. The molecule has 4 rings (SSSR count). The second kappa shape index (κ2) is 7.81. The van der Waals surface area contributed by atoms with E-state index in [1.807, 2.05) is 37.3 Å². The van der Waals surface area contributed by atoms with E-state index >= 15 is 0 Å². The number of pyridine rings is 1. The van der Waals surface area contributed by atoms with Crippen molar-refractivity contribution in [2.24, 2.45) is 5.92 Å². The summed E-state index contributed by atoms with van der Waals surface area (Å²) >= 11 is 1.54. The van der Waals surface area contributed by atoms with Crippen molar-refractivity contribution in [1.29, 1.82) is 0 Å². The van der Waals surface area contributed by atoms with Crippen LogP contribution < -0.4 is 5.32 Å². The first-order chi connectivity index (χ1) is 13.8. The molecule has 7 nitrogen and oxygen atoms in total. The van der Waals surface area contributed by atoms with Gasteiger partial charge in [-0.3, -0.25) is 4.79 Å². The van der Waals surface area contributed by atoms with Gasteiger partial charge in [-0.1, -0.05) is 11.3 Å². The van der Waals surface area contributed by atoms with Crippen LogP contribution in [-0.4, -0.2) is 47.9 Å². The van der Waals surface area contributed by atoms with Gasteiger partial charge >= 0.3 is 0 Å². The predicted octanol–water partition coefficient (Wildman–Crippen LogP) is 3.28. The Labute approximate surface area is 173 Å². The predicted molar refractivity (Wildman–Crippen MR) is 115 cm³/mol. The van der Waals surface area contributed by atoms with Gasteiger partial charge in [0.25, 0.3) is 0 Å². The Balaban J connectivity index is 1.45. The molecule has 1 fully saturated rings. The Morgan fingerprint density at radius 1 is 1.24 bits per heavy atom. The molecule has 0 saturated carbocycles. The highest BCUT2D eigenvalue weighted by molar-refractivity contribution is 7.88. The molecular weight excluding hydrogens is 408 g/mol. The van der Waals surface area contributed by atoms with E-state index < -0.39 is 10.0 Å². The lowest BCUT2D eigenvalue weighted by molar-refractivity contribution is -0.120. The molecule has 0 unspecified atom stereocenters. The molecule has 9 heteroatoms. The summed E-state index contributed by atoms with van der Waals surface area (Å²) in [6.07, 6.45) is 4.04. The lowest BCUT2D eigenvalue weighted by Crippen LogP contribution is -2.40. The Morgan fingerprint density at radius 2 is 2.00 bits per heavy atom. The number of rotatable bonds is 4. The Kier molecular flexibility index (Phi) is 5.37. The van der Waals surface area contributed by atoms with Crippen LogP contribution in [0.15, 0.2) is 36.5 Å². The first-order valence-corrected chi connectivity index (χ1v) is 12.1. The normalized spacial score (nSPS) is 16.2. The zero-order chi connectivity index (χ0) is 20.6. The van der Waals surface area contributed by atoms with Crippen molar-refractivity contribution in [1.82, 2.24) is 14.3 Å².